The zero-order valence-corrected chi connectivity index (χ0v) is 17.4. The summed E-state index contributed by atoms with van der Waals surface area (Å²) in [6.07, 6.45) is 8.70. The standard InChI is InChI=1S/C22H22N4O3S/c1-29-18-11-14(8-10-24-18)12-25-21(28)19-16-6-2-3-7-17(16)30-22(19)26-20(27)15-5-4-9-23-13-15/h4-5,8-11,13H,2-3,6-7,12H2,1H3,(H,25,28)(H,26,27). The summed E-state index contributed by atoms with van der Waals surface area (Å²) in [4.78, 5) is 35.0. The van der Waals surface area contributed by atoms with Crippen LogP contribution in [-0.2, 0) is 19.4 Å². The molecule has 8 heteroatoms. The molecule has 0 saturated carbocycles. The van der Waals surface area contributed by atoms with Crippen molar-refractivity contribution in [1.29, 1.82) is 0 Å². The first kappa shape index (κ1) is 20.0. The van der Waals surface area contributed by atoms with Gasteiger partial charge in [0.15, 0.2) is 0 Å². The van der Waals surface area contributed by atoms with Gasteiger partial charge in [-0.15, -0.1) is 11.3 Å². The lowest BCUT2D eigenvalue weighted by atomic mass is 9.95. The van der Waals surface area contributed by atoms with Gasteiger partial charge < -0.3 is 15.4 Å². The van der Waals surface area contributed by atoms with Crippen LogP contribution in [0.5, 0.6) is 5.88 Å². The number of amides is 2. The quantitative estimate of drug-likeness (QED) is 0.633. The number of thiophene rings is 1. The van der Waals surface area contributed by atoms with E-state index in [1.165, 1.54) is 22.4 Å². The van der Waals surface area contributed by atoms with Gasteiger partial charge >= 0.3 is 0 Å². The Morgan fingerprint density at radius 2 is 2.03 bits per heavy atom. The Balaban J connectivity index is 1.57. The zero-order valence-electron chi connectivity index (χ0n) is 16.6. The lowest BCUT2D eigenvalue weighted by Crippen LogP contribution is -2.25. The molecule has 1 aliphatic carbocycles. The van der Waals surface area contributed by atoms with Crippen LogP contribution < -0.4 is 15.4 Å². The van der Waals surface area contributed by atoms with Crippen molar-refractivity contribution >= 4 is 28.2 Å². The van der Waals surface area contributed by atoms with E-state index in [-0.39, 0.29) is 11.8 Å². The maximum atomic E-state index is 13.1. The highest BCUT2D eigenvalue weighted by Gasteiger charge is 2.26. The number of methoxy groups -OCH3 is 1. The molecular formula is C22H22N4O3S. The van der Waals surface area contributed by atoms with E-state index < -0.39 is 0 Å². The molecule has 0 saturated heterocycles. The van der Waals surface area contributed by atoms with Crippen LogP contribution >= 0.6 is 11.3 Å². The molecule has 4 rings (SSSR count). The summed E-state index contributed by atoms with van der Waals surface area (Å²) in [5.41, 5.74) is 2.98. The number of nitrogens with one attached hydrogen (secondary N) is 2. The fourth-order valence-corrected chi connectivity index (χ4v) is 4.79. The summed E-state index contributed by atoms with van der Waals surface area (Å²) in [7, 11) is 1.56. The van der Waals surface area contributed by atoms with Crippen molar-refractivity contribution in [3.8, 4) is 5.88 Å². The molecule has 154 valence electrons. The molecule has 3 heterocycles. The number of aryl methyl sites for hydroxylation is 1. The second-order valence-electron chi connectivity index (χ2n) is 7.00. The number of fused-ring (bicyclic) bond motifs is 1. The zero-order chi connectivity index (χ0) is 20.9. The first-order valence-electron chi connectivity index (χ1n) is 9.78. The third-order valence-corrected chi connectivity index (χ3v) is 6.22. The number of anilines is 1. The molecule has 2 N–H and O–H groups in total. The van der Waals surface area contributed by atoms with Crippen molar-refractivity contribution in [2.75, 3.05) is 12.4 Å². The molecule has 3 aromatic heterocycles. The molecule has 0 aliphatic heterocycles. The number of ether oxygens (including phenoxy) is 1. The first-order chi connectivity index (χ1) is 14.7. The van der Waals surface area contributed by atoms with Gasteiger partial charge in [0.25, 0.3) is 11.8 Å². The summed E-state index contributed by atoms with van der Waals surface area (Å²) < 4.78 is 5.14. The molecule has 0 atom stereocenters. The summed E-state index contributed by atoms with van der Waals surface area (Å²) in [5.74, 6) is 0.0420. The van der Waals surface area contributed by atoms with Crippen molar-refractivity contribution in [1.82, 2.24) is 15.3 Å². The highest BCUT2D eigenvalue weighted by Crippen LogP contribution is 2.38. The minimum absolute atomic E-state index is 0.188. The minimum Gasteiger partial charge on any atom is -0.481 e. The second kappa shape index (κ2) is 9.04. The van der Waals surface area contributed by atoms with Crippen molar-refractivity contribution in [2.24, 2.45) is 0 Å². The average molecular weight is 423 g/mol. The van der Waals surface area contributed by atoms with Crippen LogP contribution in [0.4, 0.5) is 5.00 Å². The number of hydrogen-bond donors (Lipinski definition) is 2. The molecule has 0 aromatic carbocycles. The van der Waals surface area contributed by atoms with Gasteiger partial charge in [0.1, 0.15) is 5.00 Å². The molecular weight excluding hydrogens is 400 g/mol. The Bertz CT molecular complexity index is 1070. The molecule has 1 aliphatic rings. The Morgan fingerprint density at radius 3 is 2.83 bits per heavy atom. The fraction of sp³-hybridized carbons (Fsp3) is 0.273. The molecule has 0 spiro atoms. The molecule has 3 aromatic rings. The monoisotopic (exact) mass is 422 g/mol. The third kappa shape index (κ3) is 4.33. The van der Waals surface area contributed by atoms with Crippen LogP contribution in [0.1, 0.15) is 49.6 Å². The van der Waals surface area contributed by atoms with E-state index in [4.69, 9.17) is 4.74 Å². The predicted octanol–water partition coefficient (Wildman–Crippen LogP) is 3.61. The Labute approximate surface area is 178 Å². The predicted molar refractivity (Wildman–Crippen MR) is 115 cm³/mol. The SMILES string of the molecule is COc1cc(CNC(=O)c2c(NC(=O)c3cccnc3)sc3c2CCCC3)ccn1. The van der Waals surface area contributed by atoms with Crippen LogP contribution in [-0.4, -0.2) is 28.9 Å². The molecule has 7 nitrogen and oxygen atoms in total. The minimum atomic E-state index is -0.269. The lowest BCUT2D eigenvalue weighted by molar-refractivity contribution is 0.0951. The van der Waals surface area contributed by atoms with Gasteiger partial charge in [0.05, 0.1) is 18.2 Å². The number of rotatable bonds is 6. The number of carbonyl (C=O) groups excluding carboxylic acids is 2. The second-order valence-corrected chi connectivity index (χ2v) is 8.11. The molecule has 0 bridgehead atoms. The normalized spacial score (nSPS) is 12.7. The summed E-state index contributed by atoms with van der Waals surface area (Å²) in [6.45, 7) is 0.346. The average Bonchev–Trinajstić information content (AvgIpc) is 3.16. The van der Waals surface area contributed by atoms with Crippen LogP contribution in [0, 0.1) is 0 Å². The van der Waals surface area contributed by atoms with E-state index in [1.54, 1.807) is 37.7 Å². The number of carbonyl (C=O) groups is 2. The van der Waals surface area contributed by atoms with Gasteiger partial charge in [0, 0.05) is 36.1 Å². The van der Waals surface area contributed by atoms with Crippen LogP contribution in [0.25, 0.3) is 0 Å². The number of nitrogens with zero attached hydrogens (tertiary/aromatic N) is 2. The maximum Gasteiger partial charge on any atom is 0.257 e. The van der Waals surface area contributed by atoms with Crippen LogP contribution in [0.15, 0.2) is 42.9 Å². The molecule has 2 amide bonds. The van der Waals surface area contributed by atoms with Crippen molar-refractivity contribution in [3.05, 3.63) is 70.0 Å². The largest absolute Gasteiger partial charge is 0.481 e. The van der Waals surface area contributed by atoms with E-state index in [0.717, 1.165) is 36.8 Å². The number of pyridine rings is 2. The summed E-state index contributed by atoms with van der Waals surface area (Å²) >= 11 is 1.50. The Morgan fingerprint density at radius 1 is 1.17 bits per heavy atom. The van der Waals surface area contributed by atoms with Crippen LogP contribution in [0.2, 0.25) is 0 Å². The maximum absolute atomic E-state index is 13.1. The molecule has 0 unspecified atom stereocenters. The third-order valence-electron chi connectivity index (χ3n) is 5.01. The molecule has 0 fully saturated rings. The highest BCUT2D eigenvalue weighted by atomic mass is 32.1. The Hall–Kier alpha value is -3.26. The highest BCUT2D eigenvalue weighted by molar-refractivity contribution is 7.17. The van der Waals surface area contributed by atoms with Gasteiger partial charge in [-0.2, -0.15) is 0 Å². The Kier molecular flexibility index (Phi) is 6.04. The van der Waals surface area contributed by atoms with Gasteiger partial charge in [-0.05, 0) is 55.0 Å². The summed E-state index contributed by atoms with van der Waals surface area (Å²) in [6, 6.07) is 7.03. The number of aromatic nitrogens is 2. The van der Waals surface area contributed by atoms with Crippen LogP contribution in [0.3, 0.4) is 0 Å². The van der Waals surface area contributed by atoms with Gasteiger partial charge in [-0.25, -0.2) is 4.98 Å². The molecule has 0 radical (unpaired) electrons. The first-order valence-corrected chi connectivity index (χ1v) is 10.6. The van der Waals surface area contributed by atoms with Crippen molar-refractivity contribution < 1.29 is 14.3 Å². The molecule has 30 heavy (non-hydrogen) atoms. The van der Waals surface area contributed by atoms with Crippen molar-refractivity contribution in [3.63, 3.8) is 0 Å². The van der Waals surface area contributed by atoms with Gasteiger partial charge in [-0.1, -0.05) is 0 Å². The van der Waals surface area contributed by atoms with Crippen molar-refractivity contribution in [2.45, 2.75) is 32.2 Å². The lowest BCUT2D eigenvalue weighted by Gasteiger charge is -2.13. The fourth-order valence-electron chi connectivity index (χ4n) is 3.51. The number of hydrogen-bond acceptors (Lipinski definition) is 6. The smallest absolute Gasteiger partial charge is 0.257 e. The van der Waals surface area contributed by atoms with E-state index in [9.17, 15) is 9.59 Å². The van der Waals surface area contributed by atoms with E-state index in [0.29, 0.717) is 28.6 Å². The van der Waals surface area contributed by atoms with E-state index in [2.05, 4.69) is 20.6 Å². The van der Waals surface area contributed by atoms with Gasteiger partial charge in [0.2, 0.25) is 5.88 Å². The van der Waals surface area contributed by atoms with Gasteiger partial charge in [-0.3, -0.25) is 14.6 Å². The van der Waals surface area contributed by atoms with E-state index >= 15 is 0 Å². The summed E-state index contributed by atoms with van der Waals surface area (Å²) in [5, 5.41) is 6.50. The van der Waals surface area contributed by atoms with E-state index in [1.807, 2.05) is 6.07 Å². The topological polar surface area (TPSA) is 93.2 Å².